The Bertz CT molecular complexity index is 2190. The van der Waals surface area contributed by atoms with Crippen molar-refractivity contribution in [2.75, 3.05) is 111 Å². The zero-order valence-corrected chi connectivity index (χ0v) is 40.7. The fourth-order valence-electron chi connectivity index (χ4n) is 8.61. The highest BCUT2D eigenvalue weighted by atomic mass is 16.4. The Morgan fingerprint density at radius 2 is 1.11 bits per heavy atom. The Kier molecular flexibility index (Phi) is 24.0. The number of hydrogen-bond donors (Lipinski definition) is 12. The van der Waals surface area contributed by atoms with Gasteiger partial charge < -0.3 is 70.0 Å². The fourth-order valence-corrected chi connectivity index (χ4v) is 8.61. The molecular formula is C45H72BN15O11. The van der Waals surface area contributed by atoms with Gasteiger partial charge in [0.05, 0.1) is 44.8 Å². The molecule has 0 bridgehead atoms. The second-order valence-electron chi connectivity index (χ2n) is 18.0. The van der Waals surface area contributed by atoms with Gasteiger partial charge in [-0.1, -0.05) is 24.3 Å². The van der Waals surface area contributed by atoms with Gasteiger partial charge in [0.15, 0.2) is 5.96 Å². The molecule has 2 fully saturated rings. The third-order valence-electron chi connectivity index (χ3n) is 12.3. The number of benzene rings is 2. The molecule has 8 amide bonds. The van der Waals surface area contributed by atoms with Crippen molar-refractivity contribution in [1.82, 2.24) is 45.8 Å². The average molecular weight is 1010 g/mol. The molecule has 0 aromatic heterocycles. The summed E-state index contributed by atoms with van der Waals surface area (Å²) in [5.74, 6) is -5.09. The second-order valence-corrected chi connectivity index (χ2v) is 18.0. The number of fused-ring (bicyclic) bond motifs is 1. The van der Waals surface area contributed by atoms with Crippen LogP contribution in [0.15, 0.2) is 41.4 Å². The number of hydrogen-bond acceptors (Lipinski definition) is 16. The van der Waals surface area contributed by atoms with Gasteiger partial charge in [-0.15, -0.1) is 0 Å². The number of aliphatic hydroxyl groups is 1. The lowest BCUT2D eigenvalue weighted by Gasteiger charge is -2.33. The quantitative estimate of drug-likeness (QED) is 0.0191. The van der Waals surface area contributed by atoms with Gasteiger partial charge in [0, 0.05) is 89.7 Å². The van der Waals surface area contributed by atoms with Gasteiger partial charge >= 0.3 is 7.12 Å². The highest BCUT2D eigenvalue weighted by Crippen LogP contribution is 2.24. The number of nitrogens with two attached hydrogens (primary N) is 5. The van der Waals surface area contributed by atoms with Crippen LogP contribution < -0.4 is 49.9 Å². The lowest BCUT2D eigenvalue weighted by Crippen LogP contribution is -2.52. The fraction of sp³-hybridized carbons (Fsp3) is 0.578. The van der Waals surface area contributed by atoms with E-state index < -0.39 is 73.1 Å². The lowest BCUT2D eigenvalue weighted by atomic mass is 9.77. The molecule has 0 radical (unpaired) electrons. The monoisotopic (exact) mass is 1010 g/mol. The Morgan fingerprint density at radius 3 is 1.58 bits per heavy atom. The van der Waals surface area contributed by atoms with Crippen LogP contribution in [-0.2, 0) is 28.8 Å². The molecule has 3 atom stereocenters. The predicted molar refractivity (Wildman–Crippen MR) is 267 cm³/mol. The standard InChI is InChI=1S/C45H72BN15O11/c47-37(63)26-57-15-17-58(27-38(48)64)19-21-60(22-20-59(18-16-57)28-39(49)65)29-40(66)56-35(9-6-14-54-45(50)51)44(70)53-13-5-1-4-12-52-42(68)33-10-11-34(32-8-3-2-7-31(32)33)43(69)55-24-41(67)61-25-30(62)23-36(61)46(71)72/h2-3,7-8,10-11,30,35-36,62,71-72H,1,4-6,9,12-29H2,(H2,47,63)(H2,48,64)(H2,49,65)(H,52,68)(H,53,70)(H,55,69)(H,56,66)(H4,50,51,54). The summed E-state index contributed by atoms with van der Waals surface area (Å²) in [6.07, 6.45) is 1.45. The van der Waals surface area contributed by atoms with Crippen LogP contribution in [0.1, 0.15) is 59.2 Å². The van der Waals surface area contributed by atoms with Crippen LogP contribution in [0.25, 0.3) is 10.8 Å². The van der Waals surface area contributed by atoms with Gasteiger partial charge in [-0.05, 0) is 61.4 Å². The molecular weight excluding hydrogens is 937 g/mol. The normalized spacial score (nSPS) is 18.0. The number of carbonyl (C=O) groups is 8. The number of rotatable bonds is 25. The van der Waals surface area contributed by atoms with E-state index in [1.54, 1.807) is 24.3 Å². The third-order valence-corrected chi connectivity index (χ3v) is 12.3. The molecule has 2 aromatic rings. The minimum atomic E-state index is -1.84. The SMILES string of the molecule is NC(=O)CN1CCN(CC(N)=O)CCN(CC(=O)NC(CCCN=C(N)N)C(=O)NCCCCCNC(=O)c2ccc(C(=O)NCC(=O)N3CC(O)CC3B(O)O)c3ccccc23)CCN(CC(N)=O)CC1. The molecule has 17 N–H and O–H groups in total. The van der Waals surface area contributed by atoms with Gasteiger partial charge in [0.25, 0.3) is 11.8 Å². The molecule has 27 heteroatoms. The van der Waals surface area contributed by atoms with Crippen LogP contribution in [0.3, 0.4) is 0 Å². The molecule has 396 valence electrons. The molecule has 2 aliphatic rings. The number of likely N-dealkylation sites (tertiary alicyclic amines) is 1. The van der Waals surface area contributed by atoms with Crippen LogP contribution in [0.4, 0.5) is 0 Å². The molecule has 0 spiro atoms. The van der Waals surface area contributed by atoms with E-state index in [0.29, 0.717) is 101 Å². The number of aliphatic imine (C=N–C) groups is 1. The summed E-state index contributed by atoms with van der Waals surface area (Å²) in [6, 6.07) is 8.91. The van der Waals surface area contributed by atoms with E-state index in [4.69, 9.17) is 28.7 Å². The van der Waals surface area contributed by atoms with Gasteiger partial charge in [0.2, 0.25) is 35.4 Å². The summed E-state index contributed by atoms with van der Waals surface area (Å²) in [6.45, 7) is 2.89. The number of unbranched alkanes of at least 4 members (excludes halogenated alkanes) is 2. The van der Waals surface area contributed by atoms with Crippen molar-refractivity contribution in [3.05, 3.63) is 47.5 Å². The molecule has 2 aromatic carbocycles. The van der Waals surface area contributed by atoms with E-state index in [0.717, 1.165) is 4.90 Å². The van der Waals surface area contributed by atoms with Gasteiger partial charge in [-0.2, -0.15) is 0 Å². The molecule has 72 heavy (non-hydrogen) atoms. The molecule has 26 nitrogen and oxygen atoms in total. The highest BCUT2D eigenvalue weighted by molar-refractivity contribution is 6.43. The number of nitrogens with zero attached hydrogens (tertiary/aromatic N) is 6. The highest BCUT2D eigenvalue weighted by Gasteiger charge is 2.41. The molecule has 0 aliphatic carbocycles. The van der Waals surface area contributed by atoms with Crippen LogP contribution in [0.5, 0.6) is 0 Å². The van der Waals surface area contributed by atoms with Crippen molar-refractivity contribution >= 4 is 71.1 Å². The van der Waals surface area contributed by atoms with Gasteiger partial charge in [-0.25, -0.2) is 0 Å². The largest absolute Gasteiger partial charge is 0.475 e. The van der Waals surface area contributed by atoms with Crippen molar-refractivity contribution in [1.29, 1.82) is 0 Å². The van der Waals surface area contributed by atoms with Crippen LogP contribution in [-0.4, -0.2) is 229 Å². The van der Waals surface area contributed by atoms with E-state index in [9.17, 15) is 53.5 Å². The van der Waals surface area contributed by atoms with Crippen LogP contribution >= 0.6 is 0 Å². The van der Waals surface area contributed by atoms with Crippen molar-refractivity contribution < 1.29 is 53.5 Å². The third kappa shape index (κ3) is 20.0. The Labute approximate surface area is 418 Å². The van der Waals surface area contributed by atoms with Crippen molar-refractivity contribution in [2.45, 2.75) is 56.6 Å². The first kappa shape index (κ1) is 58.1. The first-order chi connectivity index (χ1) is 34.3. The summed E-state index contributed by atoms with van der Waals surface area (Å²) in [5, 5.41) is 41.4. The molecule has 3 unspecified atom stereocenters. The number of guanidine groups is 1. The molecule has 2 saturated heterocycles. The number of primary amides is 3. The number of carbonyl (C=O) groups excluding carboxylic acids is 8. The van der Waals surface area contributed by atoms with E-state index >= 15 is 0 Å². The number of amides is 8. The molecule has 0 saturated carbocycles. The number of aliphatic hydroxyl groups excluding tert-OH is 1. The van der Waals surface area contributed by atoms with Crippen molar-refractivity contribution in [3.63, 3.8) is 0 Å². The zero-order chi connectivity index (χ0) is 52.7. The van der Waals surface area contributed by atoms with Crippen LogP contribution in [0.2, 0.25) is 0 Å². The smallest absolute Gasteiger partial charge is 0.426 e. The predicted octanol–water partition coefficient (Wildman–Crippen LogP) is -6.22. The Balaban J connectivity index is 1.29. The zero-order valence-electron chi connectivity index (χ0n) is 40.7. The second kappa shape index (κ2) is 29.8. The maximum Gasteiger partial charge on any atom is 0.475 e. The van der Waals surface area contributed by atoms with Crippen LogP contribution in [0, 0.1) is 0 Å². The van der Waals surface area contributed by atoms with Crippen molar-refractivity contribution in [3.8, 4) is 0 Å². The van der Waals surface area contributed by atoms with E-state index in [1.807, 2.05) is 19.6 Å². The summed E-state index contributed by atoms with van der Waals surface area (Å²) in [7, 11) is -1.84. The maximum atomic E-state index is 13.6. The first-order valence-electron chi connectivity index (χ1n) is 24.1. The van der Waals surface area contributed by atoms with Crippen molar-refractivity contribution in [2.24, 2.45) is 33.7 Å². The summed E-state index contributed by atoms with van der Waals surface area (Å²) in [5.41, 5.74) is 28.1. The maximum absolute atomic E-state index is 13.6. The molecule has 2 heterocycles. The minimum absolute atomic E-state index is 0.00238. The number of β-amino-alcohol motifs (C(OH)–C–C–N with tert-alkyl or cyclic N) is 1. The summed E-state index contributed by atoms with van der Waals surface area (Å²) < 4.78 is 0. The molecule has 2 aliphatic heterocycles. The summed E-state index contributed by atoms with van der Waals surface area (Å²) in [4.78, 5) is 115. The Hall–Kier alpha value is -6.49. The number of nitrogens with one attached hydrogen (secondary N) is 4. The lowest BCUT2D eigenvalue weighted by molar-refractivity contribution is -0.130. The topological polar surface area (TPSA) is 404 Å². The Morgan fingerprint density at radius 1 is 0.639 bits per heavy atom. The summed E-state index contributed by atoms with van der Waals surface area (Å²) >= 11 is 0. The average Bonchev–Trinajstić information content (AvgIpc) is 3.73. The van der Waals surface area contributed by atoms with Gasteiger partial charge in [0.1, 0.15) is 6.04 Å². The molecule has 4 rings (SSSR count). The minimum Gasteiger partial charge on any atom is -0.426 e. The van der Waals surface area contributed by atoms with E-state index in [1.165, 1.54) is 12.1 Å². The van der Waals surface area contributed by atoms with E-state index in [-0.39, 0.29) is 76.1 Å². The first-order valence-corrected chi connectivity index (χ1v) is 24.1. The van der Waals surface area contributed by atoms with E-state index in [2.05, 4.69) is 26.3 Å². The van der Waals surface area contributed by atoms with Gasteiger partial charge in [-0.3, -0.25) is 62.9 Å².